The lowest BCUT2D eigenvalue weighted by molar-refractivity contribution is -0.137. The summed E-state index contributed by atoms with van der Waals surface area (Å²) in [6, 6.07) is 3.37. The van der Waals surface area contributed by atoms with Gasteiger partial charge in [0.25, 0.3) is 0 Å². The van der Waals surface area contributed by atoms with Gasteiger partial charge in [0.2, 0.25) is 0 Å². The maximum Gasteiger partial charge on any atom is 0.416 e. The SMILES string of the molecule is CC[C@H](CO)Nc1nc2cc(C(F)(F)F)ccc2s1. The van der Waals surface area contributed by atoms with Crippen molar-refractivity contribution in [1.29, 1.82) is 0 Å². The first kappa shape index (κ1) is 14.1. The summed E-state index contributed by atoms with van der Waals surface area (Å²) in [6.07, 6.45) is -3.65. The Morgan fingerprint density at radius 3 is 2.74 bits per heavy atom. The Hall–Kier alpha value is -1.34. The van der Waals surface area contributed by atoms with Crippen molar-refractivity contribution in [2.75, 3.05) is 11.9 Å². The molecule has 0 aliphatic carbocycles. The monoisotopic (exact) mass is 290 g/mol. The van der Waals surface area contributed by atoms with Crippen molar-refractivity contribution in [2.24, 2.45) is 0 Å². The molecular weight excluding hydrogens is 277 g/mol. The Morgan fingerprint density at radius 2 is 2.16 bits per heavy atom. The maximum atomic E-state index is 12.6. The summed E-state index contributed by atoms with van der Waals surface area (Å²) >= 11 is 1.27. The summed E-state index contributed by atoms with van der Waals surface area (Å²) in [5.41, 5.74) is -0.388. The van der Waals surface area contributed by atoms with Crippen LogP contribution in [0.1, 0.15) is 18.9 Å². The van der Waals surface area contributed by atoms with Crippen molar-refractivity contribution in [3.8, 4) is 0 Å². The average molecular weight is 290 g/mol. The first-order valence-corrected chi connectivity index (χ1v) is 6.61. The van der Waals surface area contributed by atoms with Crippen molar-refractivity contribution in [1.82, 2.24) is 4.98 Å². The molecule has 0 bridgehead atoms. The molecule has 1 atom stereocenters. The largest absolute Gasteiger partial charge is 0.416 e. The molecule has 0 aliphatic rings. The van der Waals surface area contributed by atoms with E-state index in [9.17, 15) is 13.2 Å². The maximum absolute atomic E-state index is 12.6. The fourth-order valence-electron chi connectivity index (χ4n) is 1.62. The van der Waals surface area contributed by atoms with Crippen LogP contribution in [0.25, 0.3) is 10.2 Å². The highest BCUT2D eigenvalue weighted by Crippen LogP contribution is 2.34. The van der Waals surface area contributed by atoms with Crippen molar-refractivity contribution in [2.45, 2.75) is 25.6 Å². The molecular formula is C12H13F3N2OS. The van der Waals surface area contributed by atoms with E-state index >= 15 is 0 Å². The molecule has 0 saturated heterocycles. The number of alkyl halides is 3. The second-order valence-electron chi connectivity index (χ2n) is 4.13. The van der Waals surface area contributed by atoms with Crippen molar-refractivity contribution in [3.63, 3.8) is 0 Å². The number of hydrogen-bond acceptors (Lipinski definition) is 4. The van der Waals surface area contributed by atoms with Crippen LogP contribution < -0.4 is 5.32 Å². The van der Waals surface area contributed by atoms with Crippen LogP contribution in [0.2, 0.25) is 0 Å². The lowest BCUT2D eigenvalue weighted by Gasteiger charge is -2.11. The van der Waals surface area contributed by atoms with E-state index in [1.807, 2.05) is 6.92 Å². The molecule has 0 fully saturated rings. The van der Waals surface area contributed by atoms with Gasteiger partial charge in [-0.2, -0.15) is 13.2 Å². The summed E-state index contributed by atoms with van der Waals surface area (Å²) in [6.45, 7) is 1.86. The molecule has 0 spiro atoms. The van der Waals surface area contributed by atoms with Crippen LogP contribution in [0.3, 0.4) is 0 Å². The van der Waals surface area contributed by atoms with E-state index in [1.54, 1.807) is 0 Å². The molecule has 2 rings (SSSR count). The molecule has 0 unspecified atom stereocenters. The van der Waals surface area contributed by atoms with Gasteiger partial charge in [-0.25, -0.2) is 4.98 Å². The van der Waals surface area contributed by atoms with Gasteiger partial charge in [-0.1, -0.05) is 18.3 Å². The minimum Gasteiger partial charge on any atom is -0.394 e. The number of benzene rings is 1. The van der Waals surface area contributed by atoms with Gasteiger partial charge in [-0.15, -0.1) is 0 Å². The second-order valence-corrected chi connectivity index (χ2v) is 5.16. The number of nitrogens with zero attached hydrogens (tertiary/aromatic N) is 1. The second kappa shape index (κ2) is 5.34. The Labute approximate surface area is 112 Å². The third kappa shape index (κ3) is 3.16. The molecule has 19 heavy (non-hydrogen) atoms. The first-order valence-electron chi connectivity index (χ1n) is 5.79. The van der Waals surface area contributed by atoms with Crippen LogP contribution in [0.15, 0.2) is 18.2 Å². The Bertz CT molecular complexity index is 564. The quantitative estimate of drug-likeness (QED) is 0.906. The summed E-state index contributed by atoms with van der Waals surface area (Å²) in [5, 5.41) is 12.6. The fourth-order valence-corrected chi connectivity index (χ4v) is 2.54. The van der Waals surface area contributed by atoms with Crippen molar-refractivity contribution in [3.05, 3.63) is 23.8 Å². The third-order valence-corrected chi connectivity index (χ3v) is 3.72. The summed E-state index contributed by atoms with van der Waals surface area (Å²) in [7, 11) is 0. The highest BCUT2D eigenvalue weighted by Gasteiger charge is 2.30. The van der Waals surface area contributed by atoms with E-state index in [0.29, 0.717) is 21.8 Å². The van der Waals surface area contributed by atoms with Gasteiger partial charge in [0, 0.05) is 0 Å². The highest BCUT2D eigenvalue weighted by atomic mass is 32.1. The van der Waals surface area contributed by atoms with Crippen LogP contribution in [0.5, 0.6) is 0 Å². The number of anilines is 1. The summed E-state index contributed by atoms with van der Waals surface area (Å²) in [5.74, 6) is 0. The number of rotatable bonds is 4. The van der Waals surface area contributed by atoms with Crippen LogP contribution >= 0.6 is 11.3 Å². The van der Waals surface area contributed by atoms with Gasteiger partial charge < -0.3 is 10.4 Å². The molecule has 2 N–H and O–H groups in total. The van der Waals surface area contributed by atoms with Crippen LogP contribution in [0.4, 0.5) is 18.3 Å². The molecule has 0 amide bonds. The Morgan fingerprint density at radius 1 is 1.42 bits per heavy atom. The molecule has 1 aromatic carbocycles. The number of hydrogen-bond donors (Lipinski definition) is 2. The van der Waals surface area contributed by atoms with Gasteiger partial charge >= 0.3 is 6.18 Å². The van der Waals surface area contributed by atoms with Gasteiger partial charge in [0.05, 0.1) is 28.4 Å². The normalized spacial score (nSPS) is 13.7. The zero-order chi connectivity index (χ0) is 14.0. The fraction of sp³-hybridized carbons (Fsp3) is 0.417. The number of aromatic nitrogens is 1. The lowest BCUT2D eigenvalue weighted by atomic mass is 10.2. The summed E-state index contributed by atoms with van der Waals surface area (Å²) < 4.78 is 38.4. The standard InChI is InChI=1S/C12H13F3N2OS/c1-2-8(6-18)16-11-17-9-5-7(12(13,14)15)3-4-10(9)19-11/h3-5,8,18H,2,6H2,1H3,(H,16,17)/t8-/m1/s1. The molecule has 0 saturated carbocycles. The number of nitrogens with one attached hydrogen (secondary N) is 1. The van der Waals surface area contributed by atoms with E-state index in [1.165, 1.54) is 17.4 Å². The molecule has 1 heterocycles. The zero-order valence-electron chi connectivity index (χ0n) is 10.2. The topological polar surface area (TPSA) is 45.1 Å². The molecule has 104 valence electrons. The van der Waals surface area contributed by atoms with Gasteiger partial charge in [-0.05, 0) is 24.6 Å². The smallest absolute Gasteiger partial charge is 0.394 e. The molecule has 0 aliphatic heterocycles. The minimum absolute atomic E-state index is 0.0414. The minimum atomic E-state index is -4.36. The van der Waals surface area contributed by atoms with E-state index < -0.39 is 11.7 Å². The number of fused-ring (bicyclic) bond motifs is 1. The highest BCUT2D eigenvalue weighted by molar-refractivity contribution is 7.22. The van der Waals surface area contributed by atoms with Gasteiger partial charge in [0.15, 0.2) is 5.13 Å². The molecule has 3 nitrogen and oxygen atoms in total. The van der Waals surface area contributed by atoms with Gasteiger partial charge in [-0.3, -0.25) is 0 Å². The van der Waals surface area contributed by atoms with Crippen molar-refractivity contribution < 1.29 is 18.3 Å². The third-order valence-electron chi connectivity index (χ3n) is 2.76. The molecule has 0 radical (unpaired) electrons. The average Bonchev–Trinajstić information content (AvgIpc) is 2.76. The van der Waals surface area contributed by atoms with Gasteiger partial charge in [0.1, 0.15) is 0 Å². The summed E-state index contributed by atoms with van der Waals surface area (Å²) in [4.78, 5) is 4.12. The number of halogens is 3. The number of thiazole rings is 1. The van der Waals surface area contributed by atoms with Crippen LogP contribution in [-0.4, -0.2) is 22.7 Å². The molecule has 2 aromatic rings. The first-order chi connectivity index (χ1) is 8.94. The van der Waals surface area contributed by atoms with Crippen molar-refractivity contribution >= 4 is 26.7 Å². The number of aliphatic hydroxyl groups excluding tert-OH is 1. The molecule has 7 heteroatoms. The Balaban J connectivity index is 2.30. The Kier molecular flexibility index (Phi) is 3.96. The van der Waals surface area contributed by atoms with Crippen LogP contribution in [-0.2, 0) is 6.18 Å². The lowest BCUT2D eigenvalue weighted by Crippen LogP contribution is -2.22. The van der Waals surface area contributed by atoms with E-state index in [0.717, 1.165) is 12.1 Å². The van der Waals surface area contributed by atoms with Crippen LogP contribution in [0, 0.1) is 0 Å². The predicted molar refractivity (Wildman–Crippen MR) is 69.4 cm³/mol. The molecule has 1 aromatic heterocycles. The number of aliphatic hydroxyl groups is 1. The van der Waals surface area contributed by atoms with E-state index in [4.69, 9.17) is 5.11 Å². The predicted octanol–water partition coefficient (Wildman–Crippen LogP) is 3.50. The van der Waals surface area contributed by atoms with E-state index in [2.05, 4.69) is 10.3 Å². The zero-order valence-corrected chi connectivity index (χ0v) is 11.0. The van der Waals surface area contributed by atoms with E-state index in [-0.39, 0.29) is 12.6 Å².